The minimum atomic E-state index is -0.689. The molecule has 0 atom stereocenters. The lowest BCUT2D eigenvalue weighted by molar-refractivity contribution is 0.570. The standard InChI is InChI=1S/C19H16F2N4O/c1-11(2)8-16-24-23-15-7-6-12(9-25(15)16)19-18(22-10-26-19)17-13(20)4-3-5-14(17)21/h3-7,9-11H,8H2,1-2H3. The summed E-state index contributed by atoms with van der Waals surface area (Å²) in [4.78, 5) is 4.04. The summed E-state index contributed by atoms with van der Waals surface area (Å²) >= 11 is 0. The van der Waals surface area contributed by atoms with Crippen LogP contribution in [0.15, 0.2) is 47.3 Å². The molecule has 0 radical (unpaired) electrons. The summed E-state index contributed by atoms with van der Waals surface area (Å²) < 4.78 is 35.7. The Bertz CT molecular complexity index is 1060. The molecular formula is C19H16F2N4O. The highest BCUT2D eigenvalue weighted by Gasteiger charge is 2.21. The van der Waals surface area contributed by atoms with Crippen LogP contribution in [-0.2, 0) is 6.42 Å². The SMILES string of the molecule is CC(C)Cc1nnc2ccc(-c3ocnc3-c3c(F)cccc3F)cn12. The fraction of sp³-hybridized carbons (Fsp3) is 0.211. The minimum Gasteiger partial charge on any atom is -0.443 e. The molecule has 0 aliphatic carbocycles. The number of fused-ring (bicyclic) bond motifs is 1. The second kappa shape index (κ2) is 6.33. The molecule has 1 aromatic carbocycles. The van der Waals surface area contributed by atoms with Crippen molar-refractivity contribution in [3.05, 3.63) is 60.4 Å². The van der Waals surface area contributed by atoms with E-state index in [0.717, 1.165) is 12.2 Å². The molecule has 0 aliphatic rings. The molecule has 26 heavy (non-hydrogen) atoms. The molecule has 4 aromatic rings. The number of rotatable bonds is 4. The predicted octanol–water partition coefficient (Wildman–Crippen LogP) is 4.53. The first-order valence-corrected chi connectivity index (χ1v) is 8.26. The van der Waals surface area contributed by atoms with E-state index in [4.69, 9.17) is 4.42 Å². The van der Waals surface area contributed by atoms with E-state index in [1.165, 1.54) is 24.6 Å². The van der Waals surface area contributed by atoms with Gasteiger partial charge >= 0.3 is 0 Å². The van der Waals surface area contributed by atoms with Crippen molar-refractivity contribution < 1.29 is 13.2 Å². The van der Waals surface area contributed by atoms with Crippen LogP contribution in [0.25, 0.3) is 28.2 Å². The third-order valence-corrected chi connectivity index (χ3v) is 4.09. The quantitative estimate of drug-likeness (QED) is 0.540. The van der Waals surface area contributed by atoms with E-state index in [-0.39, 0.29) is 11.3 Å². The fourth-order valence-corrected chi connectivity index (χ4v) is 2.93. The van der Waals surface area contributed by atoms with Gasteiger partial charge in [-0.3, -0.25) is 4.40 Å². The average Bonchev–Trinajstić information content (AvgIpc) is 3.22. The summed E-state index contributed by atoms with van der Waals surface area (Å²) in [5, 5.41) is 8.36. The number of pyridine rings is 1. The molecule has 0 saturated heterocycles. The van der Waals surface area contributed by atoms with E-state index in [2.05, 4.69) is 29.0 Å². The Morgan fingerprint density at radius 1 is 1.08 bits per heavy atom. The first-order chi connectivity index (χ1) is 12.5. The van der Waals surface area contributed by atoms with E-state index < -0.39 is 11.6 Å². The van der Waals surface area contributed by atoms with Crippen LogP contribution in [0.2, 0.25) is 0 Å². The molecule has 0 unspecified atom stereocenters. The van der Waals surface area contributed by atoms with Crippen molar-refractivity contribution in [1.82, 2.24) is 19.6 Å². The molecule has 7 heteroatoms. The topological polar surface area (TPSA) is 56.2 Å². The van der Waals surface area contributed by atoms with Crippen molar-refractivity contribution in [2.45, 2.75) is 20.3 Å². The van der Waals surface area contributed by atoms with E-state index >= 15 is 0 Å². The maximum atomic E-state index is 14.2. The van der Waals surface area contributed by atoms with Gasteiger partial charge in [0.05, 0.1) is 5.56 Å². The van der Waals surface area contributed by atoms with Gasteiger partial charge in [-0.05, 0) is 30.2 Å². The van der Waals surface area contributed by atoms with Crippen LogP contribution in [0.3, 0.4) is 0 Å². The Labute approximate surface area is 148 Å². The van der Waals surface area contributed by atoms with E-state index in [1.54, 1.807) is 18.3 Å². The van der Waals surface area contributed by atoms with Gasteiger partial charge in [-0.1, -0.05) is 19.9 Å². The van der Waals surface area contributed by atoms with Crippen molar-refractivity contribution in [2.24, 2.45) is 5.92 Å². The maximum absolute atomic E-state index is 14.2. The lowest BCUT2D eigenvalue weighted by atomic mass is 10.1. The van der Waals surface area contributed by atoms with Gasteiger partial charge in [0.1, 0.15) is 23.2 Å². The Kier molecular flexibility index (Phi) is 3.99. The van der Waals surface area contributed by atoms with Crippen LogP contribution in [0.5, 0.6) is 0 Å². The Hall–Kier alpha value is -3.09. The molecule has 0 amide bonds. The summed E-state index contributed by atoms with van der Waals surface area (Å²) in [6.07, 6.45) is 3.74. The van der Waals surface area contributed by atoms with Gasteiger partial charge < -0.3 is 4.42 Å². The molecule has 132 valence electrons. The summed E-state index contributed by atoms with van der Waals surface area (Å²) in [6.45, 7) is 4.20. The first kappa shape index (κ1) is 16.4. The summed E-state index contributed by atoms with van der Waals surface area (Å²) in [7, 11) is 0. The Morgan fingerprint density at radius 2 is 1.85 bits per heavy atom. The van der Waals surface area contributed by atoms with Crippen molar-refractivity contribution in [1.29, 1.82) is 0 Å². The molecule has 0 fully saturated rings. The third-order valence-electron chi connectivity index (χ3n) is 4.09. The van der Waals surface area contributed by atoms with Crippen LogP contribution in [-0.4, -0.2) is 19.6 Å². The fourth-order valence-electron chi connectivity index (χ4n) is 2.93. The van der Waals surface area contributed by atoms with E-state index in [9.17, 15) is 8.78 Å². The van der Waals surface area contributed by atoms with Crippen LogP contribution in [0.1, 0.15) is 19.7 Å². The predicted molar refractivity (Wildman–Crippen MR) is 92.4 cm³/mol. The van der Waals surface area contributed by atoms with Crippen LogP contribution in [0.4, 0.5) is 8.78 Å². The second-order valence-corrected chi connectivity index (χ2v) is 6.49. The summed E-state index contributed by atoms with van der Waals surface area (Å²) in [5.41, 5.74) is 1.25. The number of halogens is 2. The van der Waals surface area contributed by atoms with Crippen molar-refractivity contribution in [3.8, 4) is 22.6 Å². The molecule has 4 rings (SSSR count). The van der Waals surface area contributed by atoms with Gasteiger partial charge in [-0.2, -0.15) is 0 Å². The molecule has 0 saturated carbocycles. The molecule has 5 nitrogen and oxygen atoms in total. The highest BCUT2D eigenvalue weighted by atomic mass is 19.1. The Morgan fingerprint density at radius 3 is 2.58 bits per heavy atom. The molecule has 0 N–H and O–H groups in total. The molecule has 3 aromatic heterocycles. The van der Waals surface area contributed by atoms with Gasteiger partial charge in [0, 0.05) is 18.2 Å². The molecule has 3 heterocycles. The lowest BCUT2D eigenvalue weighted by Gasteiger charge is -2.06. The summed E-state index contributed by atoms with van der Waals surface area (Å²) in [5.74, 6) is 0.145. The normalized spacial score (nSPS) is 11.6. The van der Waals surface area contributed by atoms with E-state index in [0.29, 0.717) is 22.9 Å². The van der Waals surface area contributed by atoms with Gasteiger partial charge in [0.15, 0.2) is 17.8 Å². The maximum Gasteiger partial charge on any atom is 0.182 e. The number of benzene rings is 1. The summed E-state index contributed by atoms with van der Waals surface area (Å²) in [6, 6.07) is 7.26. The highest BCUT2D eigenvalue weighted by molar-refractivity contribution is 5.77. The molecule has 0 bridgehead atoms. The van der Waals surface area contributed by atoms with Gasteiger partial charge in [-0.15, -0.1) is 10.2 Å². The number of aromatic nitrogens is 4. The second-order valence-electron chi connectivity index (χ2n) is 6.49. The number of hydrogen-bond donors (Lipinski definition) is 0. The van der Waals surface area contributed by atoms with Crippen molar-refractivity contribution >= 4 is 5.65 Å². The zero-order valence-electron chi connectivity index (χ0n) is 14.3. The zero-order chi connectivity index (χ0) is 18.3. The molecule has 0 spiro atoms. The third kappa shape index (κ3) is 2.75. The van der Waals surface area contributed by atoms with Crippen LogP contribution >= 0.6 is 0 Å². The lowest BCUT2D eigenvalue weighted by Crippen LogP contribution is -2.00. The average molecular weight is 354 g/mol. The monoisotopic (exact) mass is 354 g/mol. The van der Waals surface area contributed by atoms with Crippen molar-refractivity contribution in [3.63, 3.8) is 0 Å². The zero-order valence-corrected chi connectivity index (χ0v) is 14.3. The van der Waals surface area contributed by atoms with Gasteiger partial charge in [-0.25, -0.2) is 13.8 Å². The van der Waals surface area contributed by atoms with Gasteiger partial charge in [0.25, 0.3) is 0 Å². The van der Waals surface area contributed by atoms with Crippen LogP contribution in [0, 0.1) is 17.6 Å². The first-order valence-electron chi connectivity index (χ1n) is 8.26. The molecule has 0 aliphatic heterocycles. The largest absolute Gasteiger partial charge is 0.443 e. The minimum absolute atomic E-state index is 0.124. The highest BCUT2D eigenvalue weighted by Crippen LogP contribution is 2.34. The van der Waals surface area contributed by atoms with E-state index in [1.807, 2.05) is 4.40 Å². The smallest absolute Gasteiger partial charge is 0.182 e. The number of oxazole rings is 1. The number of hydrogen-bond acceptors (Lipinski definition) is 4. The van der Waals surface area contributed by atoms with Gasteiger partial charge in [0.2, 0.25) is 0 Å². The molecular weight excluding hydrogens is 338 g/mol. The van der Waals surface area contributed by atoms with Crippen LogP contribution < -0.4 is 0 Å². The van der Waals surface area contributed by atoms with Crippen molar-refractivity contribution in [2.75, 3.05) is 0 Å². The number of nitrogens with zero attached hydrogens (tertiary/aromatic N) is 4. The Balaban J connectivity index is 1.86.